The van der Waals surface area contributed by atoms with Crippen LogP contribution in [0.5, 0.6) is 11.6 Å². The number of carbonyl (C=O) groups excluding carboxylic acids is 1. The van der Waals surface area contributed by atoms with Crippen LogP contribution in [0.3, 0.4) is 0 Å². The highest BCUT2D eigenvalue weighted by molar-refractivity contribution is 7.93. The van der Waals surface area contributed by atoms with Gasteiger partial charge in [0.1, 0.15) is 28.2 Å². The number of aliphatic hydroxyl groups excluding tert-OH is 1. The highest BCUT2D eigenvalue weighted by atomic mass is 35.5. The van der Waals surface area contributed by atoms with Crippen molar-refractivity contribution in [2.24, 2.45) is 0 Å². The molecule has 184 valence electrons. The highest BCUT2D eigenvalue weighted by Crippen LogP contribution is 2.39. The van der Waals surface area contributed by atoms with Crippen molar-refractivity contribution in [2.75, 3.05) is 24.6 Å². The van der Waals surface area contributed by atoms with E-state index in [1.54, 1.807) is 6.07 Å². The number of carbonyl (C=O) groups is 1. The minimum absolute atomic E-state index is 0.0335. The molecule has 1 aliphatic rings. The number of aromatic nitrogens is 1. The van der Waals surface area contributed by atoms with Gasteiger partial charge in [-0.05, 0) is 35.4 Å². The minimum Gasteiger partial charge on any atom is -0.495 e. The molecule has 0 saturated carbocycles. The van der Waals surface area contributed by atoms with Crippen molar-refractivity contribution in [1.29, 1.82) is 0 Å². The van der Waals surface area contributed by atoms with Crippen LogP contribution >= 0.6 is 11.6 Å². The fourth-order valence-electron chi connectivity index (χ4n) is 3.90. The molecule has 4 rings (SSSR count). The lowest BCUT2D eigenvalue weighted by molar-refractivity contribution is -0.119. The summed E-state index contributed by atoms with van der Waals surface area (Å²) in [6, 6.07) is 15.3. The Morgan fingerprint density at radius 1 is 1.26 bits per heavy atom. The molecule has 0 aliphatic carbocycles. The van der Waals surface area contributed by atoms with Crippen molar-refractivity contribution in [1.82, 2.24) is 4.98 Å². The van der Waals surface area contributed by atoms with Crippen molar-refractivity contribution < 1.29 is 27.8 Å². The van der Waals surface area contributed by atoms with Crippen LogP contribution < -0.4 is 13.8 Å². The molecular formula is C25H25ClN2O6S. The maximum Gasteiger partial charge on any atom is 0.268 e. The molecule has 0 bridgehead atoms. The summed E-state index contributed by atoms with van der Waals surface area (Å²) < 4.78 is 39.5. The number of fused-ring (bicyclic) bond motifs is 1. The van der Waals surface area contributed by atoms with E-state index in [4.69, 9.17) is 21.1 Å². The number of ketones is 1. The van der Waals surface area contributed by atoms with Crippen molar-refractivity contribution >= 4 is 33.1 Å². The predicted molar refractivity (Wildman–Crippen MR) is 132 cm³/mol. The van der Waals surface area contributed by atoms with Gasteiger partial charge >= 0.3 is 0 Å². The average Bonchev–Trinajstić information content (AvgIpc) is 2.87. The van der Waals surface area contributed by atoms with Gasteiger partial charge in [0.2, 0.25) is 5.88 Å². The maximum atomic E-state index is 13.7. The van der Waals surface area contributed by atoms with Crippen molar-refractivity contribution in [3.8, 4) is 11.6 Å². The average molecular weight is 517 g/mol. The Bertz CT molecular complexity index is 1330. The van der Waals surface area contributed by atoms with Gasteiger partial charge in [-0.15, -0.1) is 0 Å². The summed E-state index contributed by atoms with van der Waals surface area (Å²) in [4.78, 5) is 17.1. The van der Waals surface area contributed by atoms with E-state index in [1.807, 2.05) is 37.3 Å². The Morgan fingerprint density at radius 2 is 2.00 bits per heavy atom. The zero-order valence-electron chi connectivity index (χ0n) is 19.2. The molecule has 1 aromatic heterocycles. The third-order valence-electron chi connectivity index (χ3n) is 5.86. The van der Waals surface area contributed by atoms with E-state index in [1.165, 1.54) is 31.5 Å². The number of anilines is 1. The highest BCUT2D eigenvalue weighted by Gasteiger charge is 2.37. The summed E-state index contributed by atoms with van der Waals surface area (Å²) in [6.45, 7) is 1.27. The lowest BCUT2D eigenvalue weighted by Gasteiger charge is -2.34. The van der Waals surface area contributed by atoms with E-state index in [0.29, 0.717) is 5.56 Å². The third kappa shape index (κ3) is 5.12. The Balaban J connectivity index is 1.71. The molecule has 2 aromatic carbocycles. The molecule has 2 heterocycles. The van der Waals surface area contributed by atoms with Gasteiger partial charge in [-0.25, -0.2) is 13.4 Å². The summed E-state index contributed by atoms with van der Waals surface area (Å²) >= 11 is 6.08. The lowest BCUT2D eigenvalue weighted by Crippen LogP contribution is -2.45. The van der Waals surface area contributed by atoms with Crippen molar-refractivity contribution in [3.63, 3.8) is 0 Å². The number of rotatable bonds is 8. The second-order valence-corrected chi connectivity index (χ2v) is 10.5. The molecule has 0 amide bonds. The Morgan fingerprint density at radius 3 is 2.69 bits per heavy atom. The number of halogens is 1. The molecule has 0 saturated heterocycles. The molecule has 2 atom stereocenters. The molecule has 0 radical (unpaired) electrons. The number of benzene rings is 2. The van der Waals surface area contributed by atoms with Gasteiger partial charge in [-0.2, -0.15) is 0 Å². The molecule has 0 spiro atoms. The lowest BCUT2D eigenvalue weighted by atomic mass is 9.93. The molecule has 0 fully saturated rings. The van der Waals surface area contributed by atoms with Gasteiger partial charge < -0.3 is 14.6 Å². The second kappa shape index (κ2) is 10.2. The largest absolute Gasteiger partial charge is 0.495 e. The fraction of sp³-hybridized carbons (Fsp3) is 0.280. The molecule has 3 aromatic rings. The van der Waals surface area contributed by atoms with Crippen LogP contribution in [0.25, 0.3) is 0 Å². The topological polar surface area (TPSA) is 106 Å². The van der Waals surface area contributed by atoms with Crippen LogP contribution in [0.1, 0.15) is 24.0 Å². The number of Topliss-reactive ketones (excluding diaryl/α,β-unsaturated/α-hetero) is 1. The van der Waals surface area contributed by atoms with Gasteiger partial charge in [0, 0.05) is 23.6 Å². The van der Waals surface area contributed by atoms with E-state index < -0.39 is 22.7 Å². The van der Waals surface area contributed by atoms with E-state index in [2.05, 4.69) is 4.98 Å². The van der Waals surface area contributed by atoms with Crippen LogP contribution in [0.2, 0.25) is 5.02 Å². The minimum atomic E-state index is -4.18. The maximum absolute atomic E-state index is 13.7. The van der Waals surface area contributed by atoms with E-state index in [0.717, 1.165) is 9.87 Å². The molecule has 1 N–H and O–H groups in total. The second-order valence-electron chi connectivity index (χ2n) is 8.20. The Kier molecular flexibility index (Phi) is 7.30. The predicted octanol–water partition coefficient (Wildman–Crippen LogP) is 3.61. The molecule has 10 heteroatoms. The Labute approximate surface area is 209 Å². The number of hydrogen-bond acceptors (Lipinski definition) is 7. The molecule has 0 unspecified atom stereocenters. The van der Waals surface area contributed by atoms with Crippen LogP contribution in [0.15, 0.2) is 65.7 Å². The zero-order valence-corrected chi connectivity index (χ0v) is 20.8. The molecule has 1 aliphatic heterocycles. The standard InChI is InChI=1S/C25H25ClN2O6S/c1-16(18-6-4-3-5-7-18)22(30)11-17-10-21-25(27-13-17)34-20(15-29)14-28(21)35(31,32)24-12-19(26)8-9-23(24)33-2/h3-10,12-13,16,20,29H,11,14-15H2,1-2H3/t16-,20+/m0/s1. The summed E-state index contributed by atoms with van der Waals surface area (Å²) in [5, 5.41) is 9.92. The van der Waals surface area contributed by atoms with Gasteiger partial charge in [0.25, 0.3) is 10.0 Å². The fourth-order valence-corrected chi connectivity index (χ4v) is 5.81. The number of nitrogens with zero attached hydrogens (tertiary/aromatic N) is 2. The summed E-state index contributed by atoms with van der Waals surface area (Å²) in [6.07, 6.45) is 0.730. The first-order chi connectivity index (χ1) is 16.7. The molecule has 35 heavy (non-hydrogen) atoms. The van der Waals surface area contributed by atoms with Gasteiger partial charge in [0.05, 0.1) is 20.3 Å². The third-order valence-corrected chi connectivity index (χ3v) is 7.90. The zero-order chi connectivity index (χ0) is 25.2. The summed E-state index contributed by atoms with van der Waals surface area (Å²) in [5.41, 5.74) is 1.62. The van der Waals surface area contributed by atoms with E-state index in [9.17, 15) is 18.3 Å². The van der Waals surface area contributed by atoms with Crippen LogP contribution in [-0.2, 0) is 21.2 Å². The first kappa shape index (κ1) is 25.0. The SMILES string of the molecule is COc1ccc(Cl)cc1S(=O)(=O)N1C[C@H](CO)Oc2ncc(CC(=O)[C@@H](C)c3ccccc3)cc21. The van der Waals surface area contributed by atoms with Crippen LogP contribution in [-0.4, -0.2) is 50.7 Å². The first-order valence-corrected chi connectivity index (χ1v) is 12.8. The number of aliphatic hydroxyl groups is 1. The smallest absolute Gasteiger partial charge is 0.268 e. The quantitative estimate of drug-likeness (QED) is 0.487. The number of hydrogen-bond donors (Lipinski definition) is 1. The number of methoxy groups -OCH3 is 1. The van der Waals surface area contributed by atoms with E-state index >= 15 is 0 Å². The molecular weight excluding hydrogens is 492 g/mol. The van der Waals surface area contributed by atoms with Gasteiger partial charge in [-0.3, -0.25) is 9.10 Å². The monoisotopic (exact) mass is 516 g/mol. The van der Waals surface area contributed by atoms with Gasteiger partial charge in [0.15, 0.2) is 0 Å². The summed E-state index contributed by atoms with van der Waals surface area (Å²) in [7, 11) is -2.81. The van der Waals surface area contributed by atoms with Crippen molar-refractivity contribution in [3.05, 3.63) is 76.9 Å². The van der Waals surface area contributed by atoms with Crippen molar-refractivity contribution in [2.45, 2.75) is 30.3 Å². The number of ether oxygens (including phenoxy) is 2. The number of sulfonamides is 1. The van der Waals surface area contributed by atoms with Gasteiger partial charge in [-0.1, -0.05) is 48.9 Å². The van der Waals surface area contributed by atoms with Crippen LogP contribution in [0.4, 0.5) is 5.69 Å². The molecule has 8 nitrogen and oxygen atoms in total. The van der Waals surface area contributed by atoms with Crippen LogP contribution in [0, 0.1) is 0 Å². The number of pyridine rings is 1. The summed E-state index contributed by atoms with van der Waals surface area (Å²) in [5.74, 6) is -0.196. The first-order valence-electron chi connectivity index (χ1n) is 10.9. The van der Waals surface area contributed by atoms with E-state index in [-0.39, 0.29) is 51.9 Å². The Hall–Kier alpha value is -3.14. The normalized spacial score (nSPS) is 16.2.